The van der Waals surface area contributed by atoms with E-state index in [9.17, 15) is 9.90 Å². The van der Waals surface area contributed by atoms with Gasteiger partial charge in [0.15, 0.2) is 0 Å². The van der Waals surface area contributed by atoms with Crippen molar-refractivity contribution < 1.29 is 19.4 Å². The molecule has 3 aromatic carbocycles. The molecule has 0 aromatic heterocycles. The van der Waals surface area contributed by atoms with Crippen molar-refractivity contribution >= 4 is 11.7 Å². The third kappa shape index (κ3) is 4.42. The van der Waals surface area contributed by atoms with Gasteiger partial charge >= 0.3 is 5.97 Å². The van der Waals surface area contributed by atoms with Gasteiger partial charge in [-0.1, -0.05) is 48.5 Å². The Kier molecular flexibility index (Phi) is 6.64. The van der Waals surface area contributed by atoms with Crippen molar-refractivity contribution in [2.45, 2.75) is 31.2 Å². The number of benzene rings is 3. The Balaban J connectivity index is 1.75. The third-order valence-electron chi connectivity index (χ3n) is 6.25. The average Bonchev–Trinajstić information content (AvgIpc) is 3.28. The first-order valence-corrected chi connectivity index (χ1v) is 11.0. The lowest BCUT2D eigenvalue weighted by molar-refractivity contribution is -0.137. The van der Waals surface area contributed by atoms with Crippen LogP contribution in [0.4, 0.5) is 5.69 Å². The van der Waals surface area contributed by atoms with Gasteiger partial charge in [0.05, 0.1) is 20.6 Å². The molecule has 5 nitrogen and oxygen atoms in total. The molecule has 3 aromatic rings. The second-order valence-electron chi connectivity index (χ2n) is 8.10. The minimum atomic E-state index is -0.745. The lowest BCUT2D eigenvalue weighted by Crippen LogP contribution is -2.31. The van der Waals surface area contributed by atoms with Gasteiger partial charge in [-0.25, -0.2) is 0 Å². The molecular formula is C27H29NO4. The lowest BCUT2D eigenvalue weighted by atomic mass is 9.84. The van der Waals surface area contributed by atoms with Crippen molar-refractivity contribution in [2.24, 2.45) is 0 Å². The number of nitrogens with zero attached hydrogens (tertiary/aromatic N) is 1. The fourth-order valence-electron chi connectivity index (χ4n) is 4.78. The van der Waals surface area contributed by atoms with Gasteiger partial charge in [-0.2, -0.15) is 0 Å². The van der Waals surface area contributed by atoms with Gasteiger partial charge in [-0.3, -0.25) is 4.79 Å². The standard InChI is InChI=1S/C27H29NO4/c1-31-24-11-5-3-9-22(24)27(23-10-4-6-12-25(23)32-2)19-13-15-20(16-14-19)28-17-7-8-21(28)18-26(29)30/h3-6,9-16,21,27H,7-8,17-18H2,1-2H3,(H,29,30). The van der Waals surface area contributed by atoms with Gasteiger partial charge in [-0.15, -0.1) is 0 Å². The molecule has 0 aliphatic carbocycles. The number of carbonyl (C=O) groups is 1. The monoisotopic (exact) mass is 431 g/mol. The van der Waals surface area contributed by atoms with Crippen LogP contribution in [0.5, 0.6) is 11.5 Å². The molecule has 1 unspecified atom stereocenters. The van der Waals surface area contributed by atoms with E-state index in [0.29, 0.717) is 0 Å². The van der Waals surface area contributed by atoms with Crippen molar-refractivity contribution in [3.8, 4) is 11.5 Å². The molecule has 1 fully saturated rings. The van der Waals surface area contributed by atoms with Crippen molar-refractivity contribution in [1.82, 2.24) is 0 Å². The SMILES string of the molecule is COc1ccccc1C(c1ccc(N2CCCC2CC(=O)O)cc1)c1ccccc1OC. The molecule has 0 bridgehead atoms. The van der Waals surface area contributed by atoms with Crippen LogP contribution < -0.4 is 14.4 Å². The number of hydrogen-bond donors (Lipinski definition) is 1. The fraction of sp³-hybridized carbons (Fsp3) is 0.296. The predicted molar refractivity (Wildman–Crippen MR) is 126 cm³/mol. The highest BCUT2D eigenvalue weighted by molar-refractivity contribution is 5.69. The van der Waals surface area contributed by atoms with E-state index < -0.39 is 5.97 Å². The van der Waals surface area contributed by atoms with Crippen LogP contribution in [0.15, 0.2) is 72.8 Å². The normalized spacial score (nSPS) is 15.7. The minimum Gasteiger partial charge on any atom is -0.496 e. The van der Waals surface area contributed by atoms with Crippen LogP contribution in [-0.4, -0.2) is 37.9 Å². The topological polar surface area (TPSA) is 59.0 Å². The highest BCUT2D eigenvalue weighted by Gasteiger charge is 2.28. The van der Waals surface area contributed by atoms with Crippen molar-refractivity contribution in [3.05, 3.63) is 89.5 Å². The quantitative estimate of drug-likeness (QED) is 0.489. The second-order valence-corrected chi connectivity index (χ2v) is 8.10. The zero-order chi connectivity index (χ0) is 22.5. The lowest BCUT2D eigenvalue weighted by Gasteiger charge is -2.27. The van der Waals surface area contributed by atoms with Gasteiger partial charge in [0, 0.05) is 35.3 Å². The molecule has 4 rings (SSSR count). The Labute approximate surface area is 189 Å². The van der Waals surface area contributed by atoms with Crippen LogP contribution in [0.1, 0.15) is 41.9 Å². The number of carboxylic acid groups (broad SMARTS) is 1. The second kappa shape index (κ2) is 9.77. The largest absolute Gasteiger partial charge is 0.496 e. The summed E-state index contributed by atoms with van der Waals surface area (Å²) >= 11 is 0. The molecule has 1 heterocycles. The summed E-state index contributed by atoms with van der Waals surface area (Å²) < 4.78 is 11.4. The van der Waals surface area contributed by atoms with E-state index in [1.165, 1.54) is 0 Å². The van der Waals surface area contributed by atoms with Gasteiger partial charge in [0.1, 0.15) is 11.5 Å². The smallest absolute Gasteiger partial charge is 0.305 e. The number of anilines is 1. The predicted octanol–water partition coefficient (Wildman–Crippen LogP) is 5.33. The van der Waals surface area contributed by atoms with Crippen LogP contribution in [0.2, 0.25) is 0 Å². The molecule has 1 saturated heterocycles. The van der Waals surface area contributed by atoms with Crippen LogP contribution in [0.25, 0.3) is 0 Å². The summed E-state index contributed by atoms with van der Waals surface area (Å²) in [6.07, 6.45) is 2.11. The molecule has 0 amide bonds. The van der Waals surface area contributed by atoms with E-state index in [1.54, 1.807) is 14.2 Å². The molecule has 0 spiro atoms. The molecule has 32 heavy (non-hydrogen) atoms. The summed E-state index contributed by atoms with van der Waals surface area (Å²) in [6.45, 7) is 0.889. The number of aliphatic carboxylic acids is 1. The minimum absolute atomic E-state index is 0.0533. The Morgan fingerprint density at radius 1 is 0.938 bits per heavy atom. The molecule has 1 atom stereocenters. The van der Waals surface area contributed by atoms with Crippen LogP contribution in [-0.2, 0) is 4.79 Å². The summed E-state index contributed by atoms with van der Waals surface area (Å²) in [6, 6.07) is 24.7. The van der Waals surface area contributed by atoms with Crippen molar-refractivity contribution in [1.29, 1.82) is 0 Å². The van der Waals surface area contributed by atoms with Crippen LogP contribution in [0, 0.1) is 0 Å². The summed E-state index contributed by atoms with van der Waals surface area (Å²) in [5, 5.41) is 9.26. The zero-order valence-electron chi connectivity index (χ0n) is 18.5. The van der Waals surface area contributed by atoms with E-state index in [-0.39, 0.29) is 18.4 Å². The number of para-hydroxylation sites is 2. The van der Waals surface area contributed by atoms with E-state index in [2.05, 4.69) is 41.3 Å². The number of rotatable bonds is 8. The maximum atomic E-state index is 11.3. The Hall–Kier alpha value is -3.47. The summed E-state index contributed by atoms with van der Waals surface area (Å²) in [4.78, 5) is 13.5. The van der Waals surface area contributed by atoms with Crippen LogP contribution >= 0.6 is 0 Å². The summed E-state index contributed by atoms with van der Waals surface area (Å²) in [7, 11) is 3.38. The van der Waals surface area contributed by atoms with Crippen LogP contribution in [0.3, 0.4) is 0 Å². The van der Waals surface area contributed by atoms with Gasteiger partial charge < -0.3 is 19.5 Å². The summed E-state index contributed by atoms with van der Waals surface area (Å²) in [5.74, 6) is 0.845. The van der Waals surface area contributed by atoms with E-state index in [0.717, 1.165) is 53.3 Å². The fourth-order valence-corrected chi connectivity index (χ4v) is 4.78. The van der Waals surface area contributed by atoms with Gasteiger partial charge in [0.2, 0.25) is 0 Å². The maximum absolute atomic E-state index is 11.3. The maximum Gasteiger partial charge on any atom is 0.305 e. The molecule has 1 aliphatic rings. The highest BCUT2D eigenvalue weighted by Crippen LogP contribution is 2.41. The van der Waals surface area contributed by atoms with E-state index in [4.69, 9.17) is 9.47 Å². The molecular weight excluding hydrogens is 402 g/mol. The highest BCUT2D eigenvalue weighted by atomic mass is 16.5. The first-order valence-electron chi connectivity index (χ1n) is 11.0. The van der Waals surface area contributed by atoms with Crippen molar-refractivity contribution in [2.75, 3.05) is 25.7 Å². The first-order chi connectivity index (χ1) is 15.6. The van der Waals surface area contributed by atoms with Crippen molar-refractivity contribution in [3.63, 3.8) is 0 Å². The van der Waals surface area contributed by atoms with Gasteiger partial charge in [-0.05, 0) is 42.7 Å². The number of methoxy groups -OCH3 is 2. The number of hydrogen-bond acceptors (Lipinski definition) is 4. The number of ether oxygens (including phenoxy) is 2. The first kappa shape index (κ1) is 21.8. The average molecular weight is 432 g/mol. The molecule has 166 valence electrons. The zero-order valence-corrected chi connectivity index (χ0v) is 18.5. The Bertz CT molecular complexity index is 1020. The Morgan fingerprint density at radius 2 is 1.50 bits per heavy atom. The van der Waals surface area contributed by atoms with E-state index in [1.807, 2.05) is 36.4 Å². The Morgan fingerprint density at radius 3 is 2.03 bits per heavy atom. The molecule has 0 radical (unpaired) electrons. The molecule has 1 aliphatic heterocycles. The molecule has 1 N–H and O–H groups in total. The third-order valence-corrected chi connectivity index (χ3v) is 6.25. The summed E-state index contributed by atoms with van der Waals surface area (Å²) in [5.41, 5.74) is 4.32. The molecule has 0 saturated carbocycles. The molecule has 5 heteroatoms. The van der Waals surface area contributed by atoms with Gasteiger partial charge in [0.25, 0.3) is 0 Å². The number of carboxylic acids is 1. The van der Waals surface area contributed by atoms with E-state index >= 15 is 0 Å².